The zero-order valence-electron chi connectivity index (χ0n) is 15.6. The second-order valence-corrected chi connectivity index (χ2v) is 7.54. The van der Waals surface area contributed by atoms with Gasteiger partial charge in [-0.25, -0.2) is 0 Å². The molecule has 5 heteroatoms. The lowest BCUT2D eigenvalue weighted by molar-refractivity contribution is -0.143. The van der Waals surface area contributed by atoms with Crippen molar-refractivity contribution in [2.45, 2.75) is 26.2 Å². The van der Waals surface area contributed by atoms with Gasteiger partial charge >= 0.3 is 0 Å². The van der Waals surface area contributed by atoms with Crippen molar-refractivity contribution in [2.75, 3.05) is 34.2 Å². The number of likely N-dealkylation sites (tertiary alicyclic amines) is 1. The quantitative estimate of drug-likeness (QED) is 0.858. The molecule has 25 heavy (non-hydrogen) atoms. The van der Waals surface area contributed by atoms with Crippen molar-refractivity contribution in [3.05, 3.63) is 41.7 Å². The van der Waals surface area contributed by atoms with Gasteiger partial charge in [-0.3, -0.25) is 4.79 Å². The predicted molar refractivity (Wildman–Crippen MR) is 98.2 cm³/mol. The first-order valence-electron chi connectivity index (χ1n) is 8.83. The summed E-state index contributed by atoms with van der Waals surface area (Å²) in [6.45, 7) is 3.85. The van der Waals surface area contributed by atoms with Crippen molar-refractivity contribution in [1.29, 1.82) is 0 Å². The van der Waals surface area contributed by atoms with Crippen LogP contribution in [0.3, 0.4) is 0 Å². The number of amides is 1. The SMILES string of the molecule is Cc1ccc(-c2cc(C[C@]3(C(=O)N(C)C)CCCN(C)C3)on2)cc1. The third-order valence-electron chi connectivity index (χ3n) is 5.05. The Balaban J connectivity index is 1.85. The summed E-state index contributed by atoms with van der Waals surface area (Å²) in [7, 11) is 5.74. The van der Waals surface area contributed by atoms with Crippen LogP contribution in [0.2, 0.25) is 0 Å². The molecule has 0 radical (unpaired) electrons. The molecule has 1 fully saturated rings. The van der Waals surface area contributed by atoms with Crippen molar-refractivity contribution < 1.29 is 9.32 Å². The summed E-state index contributed by atoms with van der Waals surface area (Å²) in [5, 5.41) is 4.22. The van der Waals surface area contributed by atoms with Crippen LogP contribution < -0.4 is 0 Å². The molecule has 0 saturated carbocycles. The van der Waals surface area contributed by atoms with Gasteiger partial charge in [-0.2, -0.15) is 0 Å². The Bertz CT molecular complexity index is 736. The average molecular weight is 341 g/mol. The van der Waals surface area contributed by atoms with E-state index in [0.717, 1.165) is 42.9 Å². The largest absolute Gasteiger partial charge is 0.361 e. The van der Waals surface area contributed by atoms with Gasteiger partial charge in [0, 0.05) is 38.7 Å². The highest BCUT2D eigenvalue weighted by molar-refractivity contribution is 5.83. The number of carbonyl (C=O) groups excluding carboxylic acids is 1. The standard InChI is InChI=1S/C20H27N3O2/c1-15-6-8-16(9-7-15)18-12-17(25-21-18)13-20(19(24)22(2)3)10-5-11-23(4)14-20/h6-9,12H,5,10-11,13-14H2,1-4H3/t20-/m1/s1. The Kier molecular flexibility index (Phi) is 4.95. The fourth-order valence-electron chi connectivity index (χ4n) is 3.82. The van der Waals surface area contributed by atoms with Crippen LogP contribution in [-0.4, -0.2) is 55.1 Å². The maximum atomic E-state index is 12.9. The molecule has 1 saturated heterocycles. The highest BCUT2D eigenvalue weighted by Gasteiger charge is 2.43. The van der Waals surface area contributed by atoms with Gasteiger partial charge in [0.25, 0.3) is 0 Å². The molecule has 1 amide bonds. The van der Waals surface area contributed by atoms with Gasteiger partial charge in [-0.05, 0) is 33.4 Å². The van der Waals surface area contributed by atoms with Crippen LogP contribution in [-0.2, 0) is 11.2 Å². The summed E-state index contributed by atoms with van der Waals surface area (Å²) in [5.74, 6) is 0.952. The number of rotatable bonds is 4. The van der Waals surface area contributed by atoms with E-state index in [2.05, 4.69) is 36.2 Å². The van der Waals surface area contributed by atoms with Crippen molar-refractivity contribution in [3.63, 3.8) is 0 Å². The van der Waals surface area contributed by atoms with E-state index in [1.165, 1.54) is 5.56 Å². The third kappa shape index (κ3) is 3.76. The average Bonchev–Trinajstić information content (AvgIpc) is 3.03. The fourth-order valence-corrected chi connectivity index (χ4v) is 3.82. The minimum atomic E-state index is -0.430. The Morgan fingerprint density at radius 2 is 2.04 bits per heavy atom. The number of carbonyl (C=O) groups is 1. The molecule has 1 aliphatic heterocycles. The molecule has 1 aliphatic rings. The van der Waals surface area contributed by atoms with Gasteiger partial charge < -0.3 is 14.3 Å². The number of piperidine rings is 1. The Hall–Kier alpha value is -2.14. The van der Waals surface area contributed by atoms with Crippen LogP contribution in [0.4, 0.5) is 0 Å². The van der Waals surface area contributed by atoms with Gasteiger partial charge in [0.1, 0.15) is 11.5 Å². The first kappa shape index (κ1) is 17.7. The second-order valence-electron chi connectivity index (χ2n) is 7.54. The normalized spacial score (nSPS) is 21.3. The molecule has 134 valence electrons. The number of aromatic nitrogens is 1. The van der Waals surface area contributed by atoms with Gasteiger partial charge in [0.15, 0.2) is 0 Å². The topological polar surface area (TPSA) is 49.6 Å². The second kappa shape index (κ2) is 7.00. The fraction of sp³-hybridized carbons (Fsp3) is 0.500. The van der Waals surface area contributed by atoms with Crippen LogP contribution in [0.5, 0.6) is 0 Å². The van der Waals surface area contributed by atoms with E-state index in [9.17, 15) is 4.79 Å². The molecule has 0 spiro atoms. The summed E-state index contributed by atoms with van der Waals surface area (Å²) < 4.78 is 5.60. The monoisotopic (exact) mass is 341 g/mol. The van der Waals surface area contributed by atoms with Crippen molar-refractivity contribution in [2.24, 2.45) is 5.41 Å². The van der Waals surface area contributed by atoms with Crippen LogP contribution in [0.25, 0.3) is 11.3 Å². The smallest absolute Gasteiger partial charge is 0.230 e. The van der Waals surface area contributed by atoms with Gasteiger partial charge in [-0.15, -0.1) is 0 Å². The Morgan fingerprint density at radius 3 is 2.68 bits per heavy atom. The third-order valence-corrected chi connectivity index (χ3v) is 5.05. The van der Waals surface area contributed by atoms with Crippen molar-refractivity contribution >= 4 is 5.91 Å². The summed E-state index contributed by atoms with van der Waals surface area (Å²) >= 11 is 0. The van der Waals surface area contributed by atoms with Crippen molar-refractivity contribution in [1.82, 2.24) is 15.0 Å². The summed E-state index contributed by atoms with van der Waals surface area (Å²) in [6, 6.07) is 10.2. The van der Waals surface area contributed by atoms with Gasteiger partial charge in [0.05, 0.1) is 5.41 Å². The van der Waals surface area contributed by atoms with E-state index in [1.54, 1.807) is 4.90 Å². The number of aryl methyl sites for hydroxylation is 1. The molecular weight excluding hydrogens is 314 g/mol. The molecule has 5 nitrogen and oxygen atoms in total. The molecule has 2 aromatic rings. The number of benzene rings is 1. The van der Waals surface area contributed by atoms with Crippen LogP contribution in [0, 0.1) is 12.3 Å². The van der Waals surface area contributed by atoms with E-state index in [4.69, 9.17) is 4.52 Å². The molecule has 1 aromatic carbocycles. The van der Waals surface area contributed by atoms with E-state index in [-0.39, 0.29) is 5.91 Å². The molecular formula is C20H27N3O2. The Labute approximate surface area is 149 Å². The van der Waals surface area contributed by atoms with Gasteiger partial charge in [0.2, 0.25) is 5.91 Å². The molecule has 2 heterocycles. The molecule has 1 aromatic heterocycles. The Morgan fingerprint density at radius 1 is 1.32 bits per heavy atom. The number of hydrogen-bond donors (Lipinski definition) is 0. The number of nitrogens with zero attached hydrogens (tertiary/aromatic N) is 3. The number of hydrogen-bond acceptors (Lipinski definition) is 4. The van der Waals surface area contributed by atoms with Crippen LogP contribution in [0.1, 0.15) is 24.2 Å². The molecule has 0 unspecified atom stereocenters. The molecule has 1 atom stereocenters. The minimum absolute atomic E-state index is 0.173. The van der Waals surface area contributed by atoms with Crippen molar-refractivity contribution in [3.8, 4) is 11.3 Å². The van der Waals surface area contributed by atoms with E-state index in [1.807, 2.05) is 32.3 Å². The van der Waals surface area contributed by atoms with E-state index in [0.29, 0.717) is 6.42 Å². The molecule has 0 aliphatic carbocycles. The lowest BCUT2D eigenvalue weighted by Crippen LogP contribution is -2.51. The summed E-state index contributed by atoms with van der Waals surface area (Å²) in [6.07, 6.45) is 2.50. The first-order valence-corrected chi connectivity index (χ1v) is 8.83. The maximum Gasteiger partial charge on any atom is 0.230 e. The predicted octanol–water partition coefficient (Wildman–Crippen LogP) is 2.99. The molecule has 3 rings (SSSR count). The maximum absolute atomic E-state index is 12.9. The van der Waals surface area contributed by atoms with E-state index < -0.39 is 5.41 Å². The molecule has 0 N–H and O–H groups in total. The summed E-state index contributed by atoms with van der Waals surface area (Å²) in [5.41, 5.74) is 2.65. The first-order chi connectivity index (χ1) is 11.9. The van der Waals surface area contributed by atoms with Crippen LogP contribution in [0.15, 0.2) is 34.9 Å². The highest BCUT2D eigenvalue weighted by Crippen LogP contribution is 2.35. The lowest BCUT2D eigenvalue weighted by Gasteiger charge is -2.41. The highest BCUT2D eigenvalue weighted by atomic mass is 16.5. The minimum Gasteiger partial charge on any atom is -0.361 e. The lowest BCUT2D eigenvalue weighted by atomic mass is 9.75. The zero-order chi connectivity index (χ0) is 18.0. The van der Waals surface area contributed by atoms with E-state index >= 15 is 0 Å². The summed E-state index contributed by atoms with van der Waals surface area (Å²) in [4.78, 5) is 16.9. The molecule has 0 bridgehead atoms. The van der Waals surface area contributed by atoms with Crippen LogP contribution >= 0.6 is 0 Å². The van der Waals surface area contributed by atoms with Gasteiger partial charge in [-0.1, -0.05) is 35.0 Å². The zero-order valence-corrected chi connectivity index (χ0v) is 15.6.